The molecule has 1 saturated heterocycles. The number of carbonyl (C=O) groups is 1. The van der Waals surface area contributed by atoms with Gasteiger partial charge in [0.15, 0.2) is 17.3 Å². The number of rotatable bonds is 5. The van der Waals surface area contributed by atoms with Crippen LogP contribution >= 0.6 is 0 Å². The maximum atomic E-state index is 12.7. The standard InChI is InChI=1S/C24H25N5O5/c1-31-17-4-7-20(32-2)18(14-17)19-5-8-23(27-26-19)28-9-11-29(12-10-28)24(30)25-16-3-6-21-22(13-16)34-15-33-21/h3-8,13-14H,9-12,15H2,1-2H3,(H,25,30). The molecule has 0 aliphatic carbocycles. The first-order valence-corrected chi connectivity index (χ1v) is 10.9. The van der Waals surface area contributed by atoms with E-state index in [9.17, 15) is 4.79 Å². The molecule has 0 radical (unpaired) electrons. The van der Waals surface area contributed by atoms with Gasteiger partial charge in [-0.2, -0.15) is 0 Å². The van der Waals surface area contributed by atoms with E-state index >= 15 is 0 Å². The van der Waals surface area contributed by atoms with E-state index in [0.717, 1.165) is 17.1 Å². The second-order valence-electron chi connectivity index (χ2n) is 7.82. The molecule has 2 aromatic carbocycles. The summed E-state index contributed by atoms with van der Waals surface area (Å²) in [7, 11) is 3.24. The third-order valence-electron chi connectivity index (χ3n) is 5.85. The molecule has 3 heterocycles. The zero-order chi connectivity index (χ0) is 23.5. The first-order valence-electron chi connectivity index (χ1n) is 10.9. The van der Waals surface area contributed by atoms with Gasteiger partial charge in [0.1, 0.15) is 11.5 Å². The van der Waals surface area contributed by atoms with Crippen LogP contribution in [-0.2, 0) is 0 Å². The molecule has 1 aromatic heterocycles. The zero-order valence-corrected chi connectivity index (χ0v) is 19.0. The Morgan fingerprint density at radius 3 is 2.47 bits per heavy atom. The Bertz CT molecular complexity index is 1180. The minimum absolute atomic E-state index is 0.148. The van der Waals surface area contributed by atoms with E-state index in [-0.39, 0.29) is 12.8 Å². The van der Waals surface area contributed by atoms with E-state index in [1.54, 1.807) is 37.3 Å². The van der Waals surface area contributed by atoms with Crippen molar-refractivity contribution in [1.29, 1.82) is 0 Å². The molecular weight excluding hydrogens is 438 g/mol. The Labute approximate surface area is 197 Å². The molecule has 2 aliphatic heterocycles. The Hall–Kier alpha value is -4.21. The van der Waals surface area contributed by atoms with Gasteiger partial charge in [0.2, 0.25) is 6.79 Å². The number of hydrogen-bond donors (Lipinski definition) is 1. The van der Waals surface area contributed by atoms with Gasteiger partial charge >= 0.3 is 6.03 Å². The Kier molecular flexibility index (Phi) is 5.94. The van der Waals surface area contributed by atoms with Gasteiger partial charge in [0.25, 0.3) is 0 Å². The normalized spacial score (nSPS) is 14.6. The number of amides is 2. The highest BCUT2D eigenvalue weighted by atomic mass is 16.7. The Balaban J connectivity index is 1.20. The van der Waals surface area contributed by atoms with Crippen LogP contribution in [0.1, 0.15) is 0 Å². The van der Waals surface area contributed by atoms with Crippen LogP contribution in [0, 0.1) is 0 Å². The van der Waals surface area contributed by atoms with Crippen LogP contribution in [0.25, 0.3) is 11.3 Å². The summed E-state index contributed by atoms with van der Waals surface area (Å²) in [5, 5.41) is 11.7. The average molecular weight is 463 g/mol. The Morgan fingerprint density at radius 2 is 1.74 bits per heavy atom. The lowest BCUT2D eigenvalue weighted by molar-refractivity contribution is 0.174. The number of methoxy groups -OCH3 is 2. The molecule has 0 atom stereocenters. The highest BCUT2D eigenvalue weighted by Gasteiger charge is 2.23. The molecule has 0 saturated carbocycles. The van der Waals surface area contributed by atoms with E-state index in [4.69, 9.17) is 18.9 Å². The van der Waals surface area contributed by atoms with Gasteiger partial charge in [-0.05, 0) is 42.5 Å². The van der Waals surface area contributed by atoms with E-state index in [1.165, 1.54) is 0 Å². The molecule has 3 aromatic rings. The third-order valence-corrected chi connectivity index (χ3v) is 5.85. The SMILES string of the molecule is COc1ccc(OC)c(-c2ccc(N3CCN(C(=O)Nc4ccc5c(c4)OCO5)CC3)nn2)c1. The molecule has 0 spiro atoms. The molecule has 1 fully saturated rings. The second-order valence-corrected chi connectivity index (χ2v) is 7.82. The monoisotopic (exact) mass is 463 g/mol. The average Bonchev–Trinajstić information content (AvgIpc) is 3.36. The van der Waals surface area contributed by atoms with Crippen LogP contribution in [0.2, 0.25) is 0 Å². The van der Waals surface area contributed by atoms with Crippen LogP contribution in [0.5, 0.6) is 23.0 Å². The molecule has 2 amide bonds. The van der Waals surface area contributed by atoms with Gasteiger partial charge in [-0.1, -0.05) is 0 Å². The van der Waals surface area contributed by atoms with Gasteiger partial charge in [-0.25, -0.2) is 4.79 Å². The summed E-state index contributed by atoms with van der Waals surface area (Å²) >= 11 is 0. The van der Waals surface area contributed by atoms with Gasteiger partial charge in [0.05, 0.1) is 19.9 Å². The molecule has 0 unspecified atom stereocenters. The van der Waals surface area contributed by atoms with Gasteiger partial charge < -0.3 is 34.1 Å². The van der Waals surface area contributed by atoms with Crippen molar-refractivity contribution in [2.75, 3.05) is 57.4 Å². The van der Waals surface area contributed by atoms with Crippen molar-refractivity contribution < 1.29 is 23.7 Å². The predicted octanol–water partition coefficient (Wildman–Crippen LogP) is 3.24. The molecule has 5 rings (SSSR count). The van der Waals surface area contributed by atoms with Crippen LogP contribution in [-0.4, -0.2) is 68.3 Å². The van der Waals surface area contributed by atoms with E-state index in [1.807, 2.05) is 30.3 Å². The van der Waals surface area contributed by atoms with Crippen molar-refractivity contribution in [3.8, 4) is 34.3 Å². The summed E-state index contributed by atoms with van der Waals surface area (Å²) in [6, 6.07) is 14.6. The van der Waals surface area contributed by atoms with E-state index in [2.05, 4.69) is 20.4 Å². The Morgan fingerprint density at radius 1 is 0.912 bits per heavy atom. The summed E-state index contributed by atoms with van der Waals surface area (Å²) in [4.78, 5) is 16.6. The maximum absolute atomic E-state index is 12.7. The number of piperazine rings is 1. The van der Waals surface area contributed by atoms with Gasteiger partial charge in [-0.3, -0.25) is 0 Å². The van der Waals surface area contributed by atoms with E-state index < -0.39 is 0 Å². The number of aromatic nitrogens is 2. The van der Waals surface area contributed by atoms with Gasteiger partial charge in [-0.15, -0.1) is 10.2 Å². The van der Waals surface area contributed by atoms with Crippen LogP contribution < -0.4 is 29.2 Å². The summed E-state index contributed by atoms with van der Waals surface area (Å²) in [5.74, 6) is 3.50. The largest absolute Gasteiger partial charge is 0.497 e. The van der Waals surface area contributed by atoms with Crippen molar-refractivity contribution >= 4 is 17.5 Å². The molecule has 176 valence electrons. The van der Waals surface area contributed by atoms with Crippen molar-refractivity contribution in [1.82, 2.24) is 15.1 Å². The van der Waals surface area contributed by atoms with Gasteiger partial charge in [0, 0.05) is 43.5 Å². The van der Waals surface area contributed by atoms with Crippen LogP contribution in [0.15, 0.2) is 48.5 Å². The number of carbonyl (C=O) groups excluding carboxylic acids is 1. The topological polar surface area (TPSA) is 98.3 Å². The fraction of sp³-hybridized carbons (Fsp3) is 0.292. The number of fused-ring (bicyclic) bond motifs is 1. The lowest BCUT2D eigenvalue weighted by Gasteiger charge is -2.35. The first-order chi connectivity index (χ1) is 16.6. The van der Waals surface area contributed by atoms with Crippen LogP contribution in [0.4, 0.5) is 16.3 Å². The fourth-order valence-corrected chi connectivity index (χ4v) is 3.97. The number of hydrogen-bond acceptors (Lipinski definition) is 8. The molecule has 2 aliphatic rings. The predicted molar refractivity (Wildman–Crippen MR) is 126 cm³/mol. The first kappa shape index (κ1) is 21.6. The smallest absolute Gasteiger partial charge is 0.321 e. The zero-order valence-electron chi connectivity index (χ0n) is 19.0. The third kappa shape index (κ3) is 4.34. The minimum Gasteiger partial charge on any atom is -0.497 e. The summed E-state index contributed by atoms with van der Waals surface area (Å²) < 4.78 is 21.5. The highest BCUT2D eigenvalue weighted by Crippen LogP contribution is 2.34. The van der Waals surface area contributed by atoms with Crippen molar-refractivity contribution in [2.24, 2.45) is 0 Å². The lowest BCUT2D eigenvalue weighted by Crippen LogP contribution is -2.50. The molecule has 1 N–H and O–H groups in total. The second kappa shape index (κ2) is 9.34. The number of anilines is 2. The number of ether oxygens (including phenoxy) is 4. The number of nitrogens with zero attached hydrogens (tertiary/aromatic N) is 4. The van der Waals surface area contributed by atoms with E-state index in [0.29, 0.717) is 54.8 Å². The summed E-state index contributed by atoms with van der Waals surface area (Å²) in [5.41, 5.74) is 2.18. The maximum Gasteiger partial charge on any atom is 0.321 e. The minimum atomic E-state index is -0.148. The quantitative estimate of drug-likeness (QED) is 0.616. The highest BCUT2D eigenvalue weighted by molar-refractivity contribution is 5.90. The summed E-state index contributed by atoms with van der Waals surface area (Å²) in [6.07, 6.45) is 0. The number of nitrogens with one attached hydrogen (secondary N) is 1. The molecule has 10 nitrogen and oxygen atoms in total. The molecule has 10 heteroatoms. The van der Waals surface area contributed by atoms with Crippen molar-refractivity contribution in [3.63, 3.8) is 0 Å². The summed E-state index contributed by atoms with van der Waals surface area (Å²) in [6.45, 7) is 2.66. The fourth-order valence-electron chi connectivity index (χ4n) is 3.97. The lowest BCUT2D eigenvalue weighted by atomic mass is 10.1. The number of urea groups is 1. The number of benzene rings is 2. The molecular formula is C24H25N5O5. The molecule has 0 bridgehead atoms. The molecule has 34 heavy (non-hydrogen) atoms. The van der Waals surface area contributed by atoms with Crippen molar-refractivity contribution in [2.45, 2.75) is 0 Å². The van der Waals surface area contributed by atoms with Crippen LogP contribution in [0.3, 0.4) is 0 Å². The van der Waals surface area contributed by atoms with Crippen molar-refractivity contribution in [3.05, 3.63) is 48.5 Å².